The van der Waals surface area contributed by atoms with Crippen molar-refractivity contribution in [3.8, 4) is 5.75 Å². The van der Waals surface area contributed by atoms with Gasteiger partial charge in [-0.3, -0.25) is 14.4 Å². The van der Waals surface area contributed by atoms with E-state index in [4.69, 9.17) is 4.74 Å². The van der Waals surface area contributed by atoms with Gasteiger partial charge in [-0.2, -0.15) is 0 Å². The van der Waals surface area contributed by atoms with Crippen molar-refractivity contribution >= 4 is 17.7 Å². The molecular formula is C18H16O5. The average Bonchev–Trinajstić information content (AvgIpc) is 2.53. The molecule has 1 atom stereocenters. The van der Waals surface area contributed by atoms with Crippen LogP contribution >= 0.6 is 0 Å². The number of carbonyl (C=O) groups is 3. The van der Waals surface area contributed by atoms with E-state index in [9.17, 15) is 19.5 Å². The second-order valence-electron chi connectivity index (χ2n) is 5.07. The quantitative estimate of drug-likeness (QED) is 0.521. The summed E-state index contributed by atoms with van der Waals surface area (Å²) in [6.07, 6.45) is 0. The highest BCUT2D eigenvalue weighted by molar-refractivity contribution is 6.12. The second kappa shape index (κ2) is 6.87. The lowest BCUT2D eigenvalue weighted by Gasteiger charge is -2.13. The highest BCUT2D eigenvalue weighted by Gasteiger charge is 2.23. The molecule has 1 unspecified atom stereocenters. The second-order valence-corrected chi connectivity index (χ2v) is 5.07. The molecule has 0 radical (unpaired) electrons. The number of para-hydroxylation sites is 1. The Morgan fingerprint density at radius 1 is 0.957 bits per heavy atom. The van der Waals surface area contributed by atoms with Crippen LogP contribution in [0, 0.1) is 0 Å². The minimum absolute atomic E-state index is 0.155. The van der Waals surface area contributed by atoms with Crippen molar-refractivity contribution in [1.82, 2.24) is 0 Å². The lowest BCUT2D eigenvalue weighted by Crippen LogP contribution is -2.14. The minimum Gasteiger partial charge on any atom is -0.481 e. The molecule has 0 aromatic heterocycles. The summed E-state index contributed by atoms with van der Waals surface area (Å²) in [4.78, 5) is 35.2. The number of hydrogen-bond donors (Lipinski definition) is 1. The Balaban J connectivity index is 2.51. The molecule has 0 fully saturated rings. The maximum Gasteiger partial charge on any atom is 0.310 e. The Labute approximate surface area is 133 Å². The van der Waals surface area contributed by atoms with Crippen LogP contribution in [-0.2, 0) is 9.59 Å². The van der Waals surface area contributed by atoms with Crippen molar-refractivity contribution in [2.45, 2.75) is 19.8 Å². The Morgan fingerprint density at radius 3 is 2.13 bits per heavy atom. The number of carbonyl (C=O) groups excluding carboxylic acids is 2. The number of carboxylic acid groups (broad SMARTS) is 1. The Morgan fingerprint density at radius 2 is 1.52 bits per heavy atom. The lowest BCUT2D eigenvalue weighted by atomic mass is 9.91. The third-order valence-corrected chi connectivity index (χ3v) is 3.43. The molecule has 0 aliphatic carbocycles. The van der Waals surface area contributed by atoms with Gasteiger partial charge in [-0.25, -0.2) is 0 Å². The highest BCUT2D eigenvalue weighted by Crippen LogP contribution is 2.26. The van der Waals surface area contributed by atoms with Crippen molar-refractivity contribution in [2.75, 3.05) is 0 Å². The van der Waals surface area contributed by atoms with E-state index in [0.717, 1.165) is 0 Å². The van der Waals surface area contributed by atoms with Gasteiger partial charge in [0, 0.05) is 12.5 Å². The number of ketones is 1. The molecule has 0 amide bonds. The van der Waals surface area contributed by atoms with Crippen LogP contribution in [-0.4, -0.2) is 22.8 Å². The summed E-state index contributed by atoms with van der Waals surface area (Å²) in [5, 5.41) is 9.21. The van der Waals surface area contributed by atoms with Gasteiger partial charge in [0.1, 0.15) is 5.75 Å². The van der Waals surface area contributed by atoms with Gasteiger partial charge in [-0.15, -0.1) is 0 Å². The molecule has 23 heavy (non-hydrogen) atoms. The maximum atomic E-state index is 12.8. The molecule has 0 saturated heterocycles. The number of rotatable bonds is 5. The van der Waals surface area contributed by atoms with Gasteiger partial charge in [0.05, 0.1) is 11.5 Å². The molecule has 0 spiro atoms. The van der Waals surface area contributed by atoms with E-state index in [1.54, 1.807) is 42.5 Å². The van der Waals surface area contributed by atoms with Gasteiger partial charge >= 0.3 is 11.9 Å². The van der Waals surface area contributed by atoms with Gasteiger partial charge in [0.25, 0.3) is 0 Å². The third-order valence-electron chi connectivity index (χ3n) is 3.43. The summed E-state index contributed by atoms with van der Waals surface area (Å²) >= 11 is 0. The zero-order valence-corrected chi connectivity index (χ0v) is 12.8. The monoisotopic (exact) mass is 312 g/mol. The van der Waals surface area contributed by atoms with Crippen molar-refractivity contribution in [3.05, 3.63) is 65.2 Å². The SMILES string of the molecule is CC(=O)Oc1ccccc1C(=O)c1ccccc1C(C)C(=O)O. The Kier molecular flexibility index (Phi) is 4.91. The van der Waals surface area contributed by atoms with Gasteiger partial charge in [-0.05, 0) is 24.6 Å². The molecule has 1 N–H and O–H groups in total. The molecular weight excluding hydrogens is 296 g/mol. The largest absolute Gasteiger partial charge is 0.481 e. The summed E-state index contributed by atoms with van der Waals surface area (Å²) in [6.45, 7) is 2.77. The average molecular weight is 312 g/mol. The molecule has 2 rings (SSSR count). The number of hydrogen-bond acceptors (Lipinski definition) is 4. The van der Waals surface area contributed by atoms with Crippen molar-refractivity contribution in [3.63, 3.8) is 0 Å². The van der Waals surface area contributed by atoms with Crippen molar-refractivity contribution < 1.29 is 24.2 Å². The molecule has 0 aliphatic heterocycles. The fraction of sp³-hybridized carbons (Fsp3) is 0.167. The van der Waals surface area contributed by atoms with Crippen LogP contribution < -0.4 is 4.74 Å². The van der Waals surface area contributed by atoms with Gasteiger partial charge in [0.2, 0.25) is 0 Å². The minimum atomic E-state index is -1.02. The summed E-state index contributed by atoms with van der Waals surface area (Å²) in [6, 6.07) is 12.9. The molecule has 2 aromatic rings. The fourth-order valence-corrected chi connectivity index (χ4v) is 2.26. The number of benzene rings is 2. The molecule has 2 aromatic carbocycles. The fourth-order valence-electron chi connectivity index (χ4n) is 2.26. The molecule has 0 saturated carbocycles. The van der Waals surface area contributed by atoms with E-state index in [0.29, 0.717) is 5.56 Å². The predicted molar refractivity (Wildman–Crippen MR) is 83.7 cm³/mol. The lowest BCUT2D eigenvalue weighted by molar-refractivity contribution is -0.138. The van der Waals surface area contributed by atoms with Crippen molar-refractivity contribution in [2.24, 2.45) is 0 Å². The molecule has 0 aliphatic rings. The van der Waals surface area contributed by atoms with Crippen molar-refractivity contribution in [1.29, 1.82) is 0 Å². The third kappa shape index (κ3) is 3.63. The number of aliphatic carboxylic acids is 1. The number of esters is 1. The van der Waals surface area contributed by atoms with Crippen LogP contribution in [0.4, 0.5) is 0 Å². The van der Waals surface area contributed by atoms with Crippen LogP contribution in [0.1, 0.15) is 41.3 Å². The molecule has 0 bridgehead atoms. The van der Waals surface area contributed by atoms with Crippen LogP contribution in [0.2, 0.25) is 0 Å². The van der Waals surface area contributed by atoms with E-state index in [1.807, 2.05) is 0 Å². The first-order chi connectivity index (χ1) is 10.9. The Hall–Kier alpha value is -2.95. The molecule has 118 valence electrons. The van der Waals surface area contributed by atoms with Gasteiger partial charge in [0.15, 0.2) is 5.78 Å². The number of carboxylic acids is 1. The van der Waals surface area contributed by atoms with Gasteiger partial charge < -0.3 is 9.84 Å². The van der Waals surface area contributed by atoms with Gasteiger partial charge in [-0.1, -0.05) is 36.4 Å². The predicted octanol–water partition coefficient (Wildman–Crippen LogP) is 3.03. The van der Waals surface area contributed by atoms with E-state index in [1.165, 1.54) is 19.9 Å². The van der Waals surface area contributed by atoms with E-state index in [2.05, 4.69) is 0 Å². The topological polar surface area (TPSA) is 80.7 Å². The first-order valence-corrected chi connectivity index (χ1v) is 7.05. The van der Waals surface area contributed by atoms with Crippen LogP contribution in [0.15, 0.2) is 48.5 Å². The summed E-state index contributed by atoms with van der Waals surface area (Å²) in [7, 11) is 0. The van der Waals surface area contributed by atoms with Crippen LogP contribution in [0.3, 0.4) is 0 Å². The Bertz CT molecular complexity index is 764. The first kappa shape index (κ1) is 16.4. The first-order valence-electron chi connectivity index (χ1n) is 7.05. The summed E-state index contributed by atoms with van der Waals surface area (Å²) < 4.78 is 5.06. The zero-order chi connectivity index (χ0) is 17.0. The molecule has 0 heterocycles. The summed E-state index contributed by atoms with van der Waals surface area (Å²) in [5.41, 5.74) is 0.914. The smallest absolute Gasteiger partial charge is 0.310 e. The molecule has 5 heteroatoms. The standard InChI is InChI=1S/C18H16O5/c1-11(18(21)22)13-7-3-4-8-14(13)17(20)15-9-5-6-10-16(15)23-12(2)19/h3-11H,1-2H3,(H,21,22). The van der Waals surface area contributed by atoms with E-state index < -0.39 is 17.9 Å². The normalized spacial score (nSPS) is 11.6. The number of ether oxygens (including phenoxy) is 1. The van der Waals surface area contributed by atoms with E-state index in [-0.39, 0.29) is 22.7 Å². The highest BCUT2D eigenvalue weighted by atomic mass is 16.5. The summed E-state index contributed by atoms with van der Waals surface area (Å²) in [5.74, 6) is -2.60. The zero-order valence-electron chi connectivity index (χ0n) is 12.8. The van der Waals surface area contributed by atoms with Crippen LogP contribution in [0.25, 0.3) is 0 Å². The van der Waals surface area contributed by atoms with E-state index >= 15 is 0 Å². The molecule has 5 nitrogen and oxygen atoms in total. The van der Waals surface area contributed by atoms with Crippen LogP contribution in [0.5, 0.6) is 5.75 Å². The maximum absolute atomic E-state index is 12.8.